The molecule has 0 unspecified atom stereocenters. The quantitative estimate of drug-likeness (QED) is 0.741. The van der Waals surface area contributed by atoms with E-state index in [0.717, 1.165) is 23.5 Å². The van der Waals surface area contributed by atoms with E-state index in [1.54, 1.807) is 14.2 Å². The molecule has 0 aliphatic rings. The van der Waals surface area contributed by atoms with E-state index in [1.807, 2.05) is 25.1 Å². The summed E-state index contributed by atoms with van der Waals surface area (Å²) in [6.07, 6.45) is 0.853. The molecule has 4 nitrogen and oxygen atoms in total. The highest BCUT2D eigenvalue weighted by Gasteiger charge is 2.13. The normalized spacial score (nSPS) is 12.2. The lowest BCUT2D eigenvalue weighted by molar-refractivity contribution is 0.171. The van der Waals surface area contributed by atoms with Gasteiger partial charge in [-0.2, -0.15) is 0 Å². The number of ether oxygens (including phenoxy) is 3. The smallest absolute Gasteiger partial charge is 0.127 e. The van der Waals surface area contributed by atoms with Crippen molar-refractivity contribution in [3.63, 3.8) is 0 Å². The number of methoxy groups -OCH3 is 2. The molecule has 1 aromatic rings. The van der Waals surface area contributed by atoms with Crippen LogP contribution in [0.4, 0.5) is 0 Å². The van der Waals surface area contributed by atoms with Crippen molar-refractivity contribution in [1.82, 2.24) is 0 Å². The summed E-state index contributed by atoms with van der Waals surface area (Å²) >= 11 is 0. The highest BCUT2D eigenvalue weighted by molar-refractivity contribution is 5.46. The molecule has 0 heterocycles. The van der Waals surface area contributed by atoms with Crippen molar-refractivity contribution < 1.29 is 14.2 Å². The number of rotatable bonds is 7. The Kier molecular flexibility index (Phi) is 5.80. The minimum Gasteiger partial charge on any atom is -0.496 e. The second-order valence-electron chi connectivity index (χ2n) is 3.86. The monoisotopic (exact) mass is 239 g/mol. The van der Waals surface area contributed by atoms with Crippen LogP contribution in [0.2, 0.25) is 0 Å². The Bertz CT molecular complexity index is 339. The van der Waals surface area contributed by atoms with Crippen molar-refractivity contribution >= 4 is 0 Å². The highest BCUT2D eigenvalue weighted by Crippen LogP contribution is 2.32. The largest absolute Gasteiger partial charge is 0.496 e. The summed E-state index contributed by atoms with van der Waals surface area (Å²) in [5.41, 5.74) is 6.85. The second kappa shape index (κ2) is 7.14. The number of hydrogen-bond acceptors (Lipinski definition) is 4. The van der Waals surface area contributed by atoms with Gasteiger partial charge in [-0.25, -0.2) is 0 Å². The topological polar surface area (TPSA) is 53.7 Å². The summed E-state index contributed by atoms with van der Waals surface area (Å²) in [5, 5.41) is 0. The van der Waals surface area contributed by atoms with Crippen LogP contribution in [0, 0.1) is 0 Å². The van der Waals surface area contributed by atoms with Gasteiger partial charge in [-0.3, -0.25) is 0 Å². The number of nitrogens with two attached hydrogens (primary N) is 1. The van der Waals surface area contributed by atoms with E-state index in [4.69, 9.17) is 19.9 Å². The third kappa shape index (κ3) is 3.91. The summed E-state index contributed by atoms with van der Waals surface area (Å²) in [5.74, 6) is 1.56. The molecule has 17 heavy (non-hydrogen) atoms. The van der Waals surface area contributed by atoms with Crippen LogP contribution in [0.25, 0.3) is 0 Å². The maximum Gasteiger partial charge on any atom is 0.127 e. The van der Waals surface area contributed by atoms with Gasteiger partial charge in [-0.1, -0.05) is 6.07 Å². The molecule has 0 aliphatic carbocycles. The van der Waals surface area contributed by atoms with Crippen molar-refractivity contribution in [3.05, 3.63) is 23.8 Å². The second-order valence-corrected chi connectivity index (χ2v) is 3.86. The Hall–Kier alpha value is -1.26. The first-order valence-corrected chi connectivity index (χ1v) is 5.75. The zero-order chi connectivity index (χ0) is 12.7. The lowest BCUT2D eigenvalue weighted by Crippen LogP contribution is -2.11. The van der Waals surface area contributed by atoms with E-state index in [0.29, 0.717) is 13.2 Å². The molecule has 0 saturated heterocycles. The fraction of sp³-hybridized carbons (Fsp3) is 0.538. The van der Waals surface area contributed by atoms with Gasteiger partial charge in [0.2, 0.25) is 0 Å². The molecule has 0 radical (unpaired) electrons. The van der Waals surface area contributed by atoms with Gasteiger partial charge in [0.25, 0.3) is 0 Å². The molecule has 1 aromatic carbocycles. The third-order valence-electron chi connectivity index (χ3n) is 2.45. The van der Waals surface area contributed by atoms with Crippen LogP contribution in [0.3, 0.4) is 0 Å². The average molecular weight is 239 g/mol. The van der Waals surface area contributed by atoms with Crippen molar-refractivity contribution in [2.45, 2.75) is 19.4 Å². The maximum atomic E-state index is 5.94. The van der Waals surface area contributed by atoms with E-state index in [1.165, 1.54) is 0 Å². The van der Waals surface area contributed by atoms with Gasteiger partial charge in [-0.05, 0) is 19.1 Å². The van der Waals surface area contributed by atoms with E-state index in [-0.39, 0.29) is 6.04 Å². The molecule has 0 fully saturated rings. The number of hydrogen-bond donors (Lipinski definition) is 1. The zero-order valence-corrected chi connectivity index (χ0v) is 10.7. The minimum absolute atomic E-state index is 0.122. The summed E-state index contributed by atoms with van der Waals surface area (Å²) in [4.78, 5) is 0. The molecule has 4 heteroatoms. The van der Waals surface area contributed by atoms with Gasteiger partial charge < -0.3 is 19.9 Å². The minimum atomic E-state index is -0.122. The van der Waals surface area contributed by atoms with Gasteiger partial charge in [0.05, 0.1) is 19.3 Å². The summed E-state index contributed by atoms with van der Waals surface area (Å²) in [7, 11) is 3.31. The Balaban J connectivity index is 2.76. The molecule has 96 valence electrons. The molecule has 1 rings (SSSR count). The Morgan fingerprint density at radius 3 is 2.47 bits per heavy atom. The first kappa shape index (κ1) is 13.8. The summed E-state index contributed by atoms with van der Waals surface area (Å²) in [6.45, 7) is 3.22. The Labute approximate surface area is 103 Å². The van der Waals surface area contributed by atoms with Crippen LogP contribution in [-0.4, -0.2) is 27.4 Å². The molecule has 0 bridgehead atoms. The standard InChI is InChI=1S/C13H21NO3/c1-10(14)13-11(16-3)6-4-7-12(13)17-9-5-8-15-2/h4,6-7,10H,5,8-9,14H2,1-3H3/t10-/m1/s1. The first-order valence-electron chi connectivity index (χ1n) is 5.75. The van der Waals surface area contributed by atoms with Crippen LogP contribution in [-0.2, 0) is 4.74 Å². The molecule has 1 atom stereocenters. The predicted octanol–water partition coefficient (Wildman–Crippen LogP) is 2.13. The average Bonchev–Trinajstić information content (AvgIpc) is 2.33. The van der Waals surface area contributed by atoms with Crippen molar-refractivity contribution in [2.75, 3.05) is 27.4 Å². The lowest BCUT2D eigenvalue weighted by atomic mass is 10.1. The van der Waals surface area contributed by atoms with Gasteiger partial charge in [0, 0.05) is 26.2 Å². The van der Waals surface area contributed by atoms with Crippen molar-refractivity contribution in [3.8, 4) is 11.5 Å². The molecule has 0 spiro atoms. The maximum absolute atomic E-state index is 5.94. The molecule has 0 aliphatic heterocycles. The van der Waals surface area contributed by atoms with Crippen LogP contribution in [0.1, 0.15) is 24.9 Å². The van der Waals surface area contributed by atoms with Gasteiger partial charge in [0.15, 0.2) is 0 Å². The van der Waals surface area contributed by atoms with Crippen molar-refractivity contribution in [1.29, 1.82) is 0 Å². The van der Waals surface area contributed by atoms with E-state index < -0.39 is 0 Å². The summed E-state index contributed by atoms with van der Waals surface area (Å²) < 4.78 is 16.0. The molecule has 0 aromatic heterocycles. The first-order chi connectivity index (χ1) is 8.20. The zero-order valence-electron chi connectivity index (χ0n) is 10.7. The van der Waals surface area contributed by atoms with Gasteiger partial charge in [-0.15, -0.1) is 0 Å². The van der Waals surface area contributed by atoms with Crippen molar-refractivity contribution in [2.24, 2.45) is 5.73 Å². The van der Waals surface area contributed by atoms with Crippen LogP contribution in [0.15, 0.2) is 18.2 Å². The van der Waals surface area contributed by atoms with Gasteiger partial charge in [0.1, 0.15) is 11.5 Å². The Morgan fingerprint density at radius 1 is 1.18 bits per heavy atom. The van der Waals surface area contributed by atoms with Gasteiger partial charge >= 0.3 is 0 Å². The summed E-state index contributed by atoms with van der Waals surface area (Å²) in [6, 6.07) is 5.58. The predicted molar refractivity (Wildman–Crippen MR) is 67.6 cm³/mol. The van der Waals surface area contributed by atoms with E-state index in [9.17, 15) is 0 Å². The molecule has 0 saturated carbocycles. The fourth-order valence-electron chi connectivity index (χ4n) is 1.66. The molecular formula is C13H21NO3. The SMILES string of the molecule is COCCCOc1cccc(OC)c1[C@@H](C)N. The van der Waals surface area contributed by atoms with E-state index in [2.05, 4.69) is 0 Å². The molecule has 0 amide bonds. The molecule has 2 N–H and O–H groups in total. The fourth-order valence-corrected chi connectivity index (χ4v) is 1.66. The van der Waals surface area contributed by atoms with Crippen LogP contribution >= 0.6 is 0 Å². The van der Waals surface area contributed by atoms with Crippen LogP contribution < -0.4 is 15.2 Å². The molecular weight excluding hydrogens is 218 g/mol. The lowest BCUT2D eigenvalue weighted by Gasteiger charge is -2.17. The van der Waals surface area contributed by atoms with E-state index >= 15 is 0 Å². The van der Waals surface area contributed by atoms with Crippen LogP contribution in [0.5, 0.6) is 11.5 Å². The Morgan fingerprint density at radius 2 is 1.88 bits per heavy atom. The highest BCUT2D eigenvalue weighted by atomic mass is 16.5. The third-order valence-corrected chi connectivity index (χ3v) is 2.45. The number of benzene rings is 1.